The summed E-state index contributed by atoms with van der Waals surface area (Å²) in [4.78, 5) is 16.9. The average Bonchev–Trinajstić information content (AvgIpc) is 2.61. The van der Waals surface area contributed by atoms with Crippen LogP contribution in [0.5, 0.6) is 5.75 Å². The molecule has 0 aliphatic heterocycles. The number of hydrogen-bond donors (Lipinski definition) is 1. The summed E-state index contributed by atoms with van der Waals surface area (Å²) in [6.07, 6.45) is 2.63. The van der Waals surface area contributed by atoms with Crippen LogP contribution in [0.15, 0.2) is 54.7 Å². The fourth-order valence-corrected chi connectivity index (χ4v) is 2.64. The van der Waals surface area contributed by atoms with Crippen molar-refractivity contribution in [3.05, 3.63) is 65.3 Å². The molecule has 0 spiro atoms. The van der Waals surface area contributed by atoms with Crippen LogP contribution in [0.4, 0.5) is 5.69 Å². The van der Waals surface area contributed by atoms with Crippen LogP contribution in [-0.2, 0) is 0 Å². The molecule has 122 valence electrons. The lowest BCUT2D eigenvalue weighted by atomic mass is 10.1. The van der Waals surface area contributed by atoms with Gasteiger partial charge in [0.2, 0.25) is 0 Å². The number of rotatable bonds is 5. The zero-order valence-corrected chi connectivity index (χ0v) is 14.0. The zero-order valence-electron chi connectivity index (χ0n) is 13.3. The molecule has 0 fully saturated rings. The molecular formula is C19H17ClN2O2. The smallest absolute Gasteiger partial charge is 0.257 e. The number of anilines is 1. The van der Waals surface area contributed by atoms with Gasteiger partial charge in [0.1, 0.15) is 11.3 Å². The van der Waals surface area contributed by atoms with Crippen molar-refractivity contribution in [2.24, 2.45) is 0 Å². The second kappa shape index (κ2) is 7.32. The van der Waals surface area contributed by atoms with Crippen LogP contribution in [0.2, 0.25) is 5.02 Å². The molecule has 0 atom stereocenters. The van der Waals surface area contributed by atoms with Gasteiger partial charge in [-0.25, -0.2) is 0 Å². The monoisotopic (exact) mass is 340 g/mol. The number of carbonyl (C=O) groups is 1. The van der Waals surface area contributed by atoms with E-state index in [9.17, 15) is 4.79 Å². The van der Waals surface area contributed by atoms with Gasteiger partial charge in [0.15, 0.2) is 0 Å². The van der Waals surface area contributed by atoms with Crippen molar-refractivity contribution >= 4 is 34.1 Å². The highest BCUT2D eigenvalue weighted by Crippen LogP contribution is 2.30. The van der Waals surface area contributed by atoms with Crippen LogP contribution in [0.3, 0.4) is 0 Å². The van der Waals surface area contributed by atoms with Crippen LogP contribution in [0.25, 0.3) is 10.9 Å². The number of amides is 1. The van der Waals surface area contributed by atoms with E-state index >= 15 is 0 Å². The summed E-state index contributed by atoms with van der Waals surface area (Å²) in [6, 6.07) is 14.3. The van der Waals surface area contributed by atoms with Crippen molar-refractivity contribution in [2.75, 3.05) is 11.9 Å². The highest BCUT2D eigenvalue weighted by atomic mass is 35.5. The summed E-state index contributed by atoms with van der Waals surface area (Å²) < 4.78 is 5.74. The van der Waals surface area contributed by atoms with Crippen molar-refractivity contribution < 1.29 is 9.53 Å². The summed E-state index contributed by atoms with van der Waals surface area (Å²) in [5.74, 6) is 0.455. The molecule has 0 aliphatic rings. The van der Waals surface area contributed by atoms with E-state index in [-0.39, 0.29) is 5.91 Å². The van der Waals surface area contributed by atoms with Gasteiger partial charge in [-0.05, 0) is 42.8 Å². The quantitative estimate of drug-likeness (QED) is 0.716. The Kier molecular flexibility index (Phi) is 4.96. The van der Waals surface area contributed by atoms with Gasteiger partial charge in [-0.2, -0.15) is 0 Å². The molecule has 0 saturated heterocycles. The molecule has 3 rings (SSSR count). The second-order valence-electron chi connectivity index (χ2n) is 5.29. The Morgan fingerprint density at radius 1 is 1.17 bits per heavy atom. The summed E-state index contributed by atoms with van der Waals surface area (Å²) in [5, 5.41) is 4.15. The van der Waals surface area contributed by atoms with Gasteiger partial charge >= 0.3 is 0 Å². The van der Waals surface area contributed by atoms with Gasteiger partial charge in [0.25, 0.3) is 5.91 Å². The van der Waals surface area contributed by atoms with E-state index in [4.69, 9.17) is 16.3 Å². The molecule has 0 saturated carbocycles. The van der Waals surface area contributed by atoms with Gasteiger partial charge in [0, 0.05) is 11.6 Å². The molecule has 24 heavy (non-hydrogen) atoms. The van der Waals surface area contributed by atoms with Crippen molar-refractivity contribution in [1.82, 2.24) is 4.98 Å². The summed E-state index contributed by atoms with van der Waals surface area (Å²) in [6.45, 7) is 2.67. The molecule has 2 aromatic carbocycles. The van der Waals surface area contributed by atoms with Gasteiger partial charge in [-0.3, -0.25) is 9.78 Å². The highest BCUT2D eigenvalue weighted by Gasteiger charge is 2.13. The van der Waals surface area contributed by atoms with Crippen molar-refractivity contribution in [3.63, 3.8) is 0 Å². The summed E-state index contributed by atoms with van der Waals surface area (Å²) in [7, 11) is 0. The lowest BCUT2D eigenvalue weighted by Crippen LogP contribution is -2.13. The first-order valence-corrected chi connectivity index (χ1v) is 8.15. The van der Waals surface area contributed by atoms with E-state index in [2.05, 4.69) is 10.3 Å². The maximum absolute atomic E-state index is 12.5. The molecule has 3 aromatic rings. The molecule has 5 heteroatoms. The van der Waals surface area contributed by atoms with E-state index in [1.807, 2.05) is 31.2 Å². The van der Waals surface area contributed by atoms with Crippen molar-refractivity contribution in [1.29, 1.82) is 0 Å². The van der Waals surface area contributed by atoms with Gasteiger partial charge < -0.3 is 10.1 Å². The van der Waals surface area contributed by atoms with Crippen LogP contribution in [-0.4, -0.2) is 17.5 Å². The first-order valence-electron chi connectivity index (χ1n) is 7.77. The number of pyridine rings is 1. The number of nitrogens with one attached hydrogen (secondary N) is 1. The molecule has 0 radical (unpaired) electrons. The normalized spacial score (nSPS) is 10.6. The highest BCUT2D eigenvalue weighted by molar-refractivity contribution is 6.34. The number of nitrogens with zero attached hydrogens (tertiary/aromatic N) is 1. The van der Waals surface area contributed by atoms with Crippen molar-refractivity contribution in [2.45, 2.75) is 13.3 Å². The topological polar surface area (TPSA) is 51.2 Å². The maximum Gasteiger partial charge on any atom is 0.257 e. The van der Waals surface area contributed by atoms with Gasteiger partial charge in [-0.15, -0.1) is 0 Å². The number of fused-ring (bicyclic) bond motifs is 1. The lowest BCUT2D eigenvalue weighted by molar-refractivity contribution is 0.102. The van der Waals surface area contributed by atoms with Crippen LogP contribution in [0.1, 0.15) is 23.7 Å². The largest absolute Gasteiger partial charge is 0.491 e. The predicted octanol–water partition coefficient (Wildman–Crippen LogP) is 4.93. The molecule has 0 aliphatic carbocycles. The molecule has 1 amide bonds. The first kappa shape index (κ1) is 16.3. The summed E-state index contributed by atoms with van der Waals surface area (Å²) in [5.41, 5.74) is 1.83. The SMILES string of the molecule is CCCOc1ccc(NC(=O)c2ccccc2Cl)c2cccnc12. The molecule has 1 N–H and O–H groups in total. The number of benzene rings is 2. The van der Waals surface area contributed by atoms with E-state index in [0.717, 1.165) is 17.3 Å². The average molecular weight is 341 g/mol. The molecule has 1 aromatic heterocycles. The molecule has 1 heterocycles. The fourth-order valence-electron chi connectivity index (χ4n) is 2.42. The van der Waals surface area contributed by atoms with E-state index in [1.165, 1.54) is 0 Å². The lowest BCUT2D eigenvalue weighted by Gasteiger charge is -2.12. The maximum atomic E-state index is 12.5. The van der Waals surface area contributed by atoms with Crippen LogP contribution in [0, 0.1) is 0 Å². The van der Waals surface area contributed by atoms with Gasteiger partial charge in [-0.1, -0.05) is 30.7 Å². The Balaban J connectivity index is 1.96. The van der Waals surface area contributed by atoms with Crippen LogP contribution >= 0.6 is 11.6 Å². The van der Waals surface area contributed by atoms with E-state index in [1.54, 1.807) is 30.5 Å². The standard InChI is InChI=1S/C19H17ClN2O2/c1-2-12-24-17-10-9-16(14-7-5-11-21-18(14)17)22-19(23)13-6-3-4-8-15(13)20/h3-11H,2,12H2,1H3,(H,22,23). The minimum absolute atomic E-state index is 0.257. The Morgan fingerprint density at radius 3 is 2.79 bits per heavy atom. The van der Waals surface area contributed by atoms with Crippen molar-refractivity contribution in [3.8, 4) is 5.75 Å². The second-order valence-corrected chi connectivity index (χ2v) is 5.70. The van der Waals surface area contributed by atoms with E-state index < -0.39 is 0 Å². The minimum atomic E-state index is -0.257. The Bertz CT molecular complexity index is 880. The number of aromatic nitrogens is 1. The van der Waals surface area contributed by atoms with Gasteiger partial charge in [0.05, 0.1) is 22.9 Å². The molecule has 4 nitrogen and oxygen atoms in total. The Hall–Kier alpha value is -2.59. The molecular weight excluding hydrogens is 324 g/mol. The third-order valence-corrected chi connectivity index (χ3v) is 3.89. The molecule has 0 unspecified atom stereocenters. The fraction of sp³-hybridized carbons (Fsp3) is 0.158. The van der Waals surface area contributed by atoms with E-state index in [0.29, 0.717) is 28.6 Å². The summed E-state index contributed by atoms with van der Waals surface area (Å²) >= 11 is 6.09. The predicted molar refractivity (Wildman–Crippen MR) is 96.9 cm³/mol. The number of hydrogen-bond acceptors (Lipinski definition) is 3. The Morgan fingerprint density at radius 2 is 2.00 bits per heavy atom. The van der Waals surface area contributed by atoms with Crippen LogP contribution < -0.4 is 10.1 Å². The molecule has 0 bridgehead atoms. The third-order valence-electron chi connectivity index (χ3n) is 3.56. The minimum Gasteiger partial charge on any atom is -0.491 e. The zero-order chi connectivity index (χ0) is 16.9. The third kappa shape index (κ3) is 3.34. The number of carbonyl (C=O) groups excluding carboxylic acids is 1. The Labute approximate surface area is 145 Å². The number of halogens is 1. The number of ether oxygens (including phenoxy) is 1. The first-order chi connectivity index (χ1) is 11.7.